The Balaban J connectivity index is 1.86. The van der Waals surface area contributed by atoms with Gasteiger partial charge < -0.3 is 4.57 Å². The van der Waals surface area contributed by atoms with E-state index >= 15 is 0 Å². The number of aromatic nitrogens is 2. The number of imidazole rings is 1. The molecule has 3 heteroatoms. The minimum Gasteiger partial charge on any atom is -0.326 e. The minimum absolute atomic E-state index is 0.498. The molecule has 1 aromatic carbocycles. The van der Waals surface area contributed by atoms with Gasteiger partial charge in [0.05, 0.1) is 16.9 Å². The predicted octanol–water partition coefficient (Wildman–Crippen LogP) is 5.30. The molecule has 1 saturated carbocycles. The summed E-state index contributed by atoms with van der Waals surface area (Å²) in [5, 5.41) is 0. The number of aryl methyl sites for hydroxylation is 1. The Morgan fingerprint density at radius 1 is 1.19 bits per heavy atom. The average molecular weight is 305 g/mol. The first-order valence-corrected chi connectivity index (χ1v) is 8.77. The normalized spacial score (nSPS) is 22.8. The van der Waals surface area contributed by atoms with E-state index in [9.17, 15) is 0 Å². The monoisotopic (exact) mass is 304 g/mol. The van der Waals surface area contributed by atoms with Crippen LogP contribution in [0.2, 0.25) is 0 Å². The number of benzene rings is 1. The van der Waals surface area contributed by atoms with Crippen LogP contribution in [-0.2, 0) is 12.4 Å². The molecule has 0 spiro atoms. The maximum atomic E-state index is 6.14. The van der Waals surface area contributed by atoms with Gasteiger partial charge in [0.25, 0.3) is 0 Å². The maximum Gasteiger partial charge on any atom is 0.124 e. The molecule has 0 N–H and O–H groups in total. The molecule has 21 heavy (non-hydrogen) atoms. The Labute approximate surface area is 132 Å². The van der Waals surface area contributed by atoms with E-state index in [1.807, 2.05) is 0 Å². The highest BCUT2D eigenvalue weighted by Gasteiger charge is 2.22. The Bertz CT molecular complexity index is 609. The van der Waals surface area contributed by atoms with E-state index in [1.165, 1.54) is 43.2 Å². The number of hydrogen-bond donors (Lipinski definition) is 0. The molecule has 2 nitrogen and oxygen atoms in total. The summed E-state index contributed by atoms with van der Waals surface area (Å²) in [5.41, 5.74) is 3.68. The van der Waals surface area contributed by atoms with Gasteiger partial charge >= 0.3 is 0 Å². The van der Waals surface area contributed by atoms with E-state index in [4.69, 9.17) is 16.6 Å². The zero-order valence-electron chi connectivity index (χ0n) is 13.1. The molecule has 0 aliphatic heterocycles. The van der Waals surface area contributed by atoms with Crippen molar-refractivity contribution in [2.75, 3.05) is 0 Å². The first-order valence-electron chi connectivity index (χ1n) is 8.23. The number of para-hydroxylation sites is 1. The second kappa shape index (κ2) is 6.39. The molecule has 0 saturated heterocycles. The van der Waals surface area contributed by atoms with Crippen LogP contribution in [0, 0.1) is 18.8 Å². The van der Waals surface area contributed by atoms with Gasteiger partial charge in [0, 0.05) is 6.54 Å². The van der Waals surface area contributed by atoms with Gasteiger partial charge in [-0.15, -0.1) is 11.6 Å². The summed E-state index contributed by atoms with van der Waals surface area (Å²) in [4.78, 5) is 4.72. The summed E-state index contributed by atoms with van der Waals surface area (Å²) in [7, 11) is 0. The average Bonchev–Trinajstić information content (AvgIpc) is 2.87. The molecule has 1 aliphatic carbocycles. The highest BCUT2D eigenvalue weighted by atomic mass is 35.5. The SMILES string of the molecule is CCC1CCC(Cn2c(CCl)nc3cccc(C)c32)CC1. The summed E-state index contributed by atoms with van der Waals surface area (Å²) >= 11 is 6.14. The van der Waals surface area contributed by atoms with Crippen molar-refractivity contribution in [3.63, 3.8) is 0 Å². The Kier molecular flexibility index (Phi) is 4.54. The van der Waals surface area contributed by atoms with Gasteiger partial charge in [0.1, 0.15) is 5.82 Å². The van der Waals surface area contributed by atoms with Gasteiger partial charge in [-0.05, 0) is 43.2 Å². The van der Waals surface area contributed by atoms with Crippen LogP contribution in [0.3, 0.4) is 0 Å². The second-order valence-corrected chi connectivity index (χ2v) is 6.78. The van der Waals surface area contributed by atoms with Crippen LogP contribution in [0.15, 0.2) is 18.2 Å². The zero-order chi connectivity index (χ0) is 14.8. The fraction of sp³-hybridized carbons (Fsp3) is 0.611. The van der Waals surface area contributed by atoms with E-state index in [-0.39, 0.29) is 0 Å². The van der Waals surface area contributed by atoms with E-state index in [2.05, 4.69) is 36.6 Å². The van der Waals surface area contributed by atoms with Gasteiger partial charge in [-0.1, -0.05) is 38.3 Å². The lowest BCUT2D eigenvalue weighted by molar-refractivity contribution is 0.248. The highest BCUT2D eigenvalue weighted by molar-refractivity contribution is 6.16. The van der Waals surface area contributed by atoms with Crippen LogP contribution >= 0.6 is 11.6 Å². The molecule has 1 fully saturated rings. The highest BCUT2D eigenvalue weighted by Crippen LogP contribution is 2.33. The van der Waals surface area contributed by atoms with Crippen molar-refractivity contribution in [1.82, 2.24) is 9.55 Å². The van der Waals surface area contributed by atoms with Crippen molar-refractivity contribution < 1.29 is 0 Å². The summed E-state index contributed by atoms with van der Waals surface area (Å²) in [6.45, 7) is 5.58. The van der Waals surface area contributed by atoms with Crippen LogP contribution in [-0.4, -0.2) is 9.55 Å². The minimum atomic E-state index is 0.498. The van der Waals surface area contributed by atoms with Crippen LogP contribution in [0.25, 0.3) is 11.0 Å². The molecule has 0 radical (unpaired) electrons. The first kappa shape index (κ1) is 14.9. The van der Waals surface area contributed by atoms with E-state index in [0.717, 1.165) is 29.7 Å². The number of halogens is 1. The van der Waals surface area contributed by atoms with Crippen molar-refractivity contribution in [2.45, 2.75) is 58.4 Å². The Morgan fingerprint density at radius 3 is 2.57 bits per heavy atom. The van der Waals surface area contributed by atoms with Crippen molar-refractivity contribution in [1.29, 1.82) is 0 Å². The van der Waals surface area contributed by atoms with Crippen molar-refractivity contribution in [2.24, 2.45) is 11.8 Å². The van der Waals surface area contributed by atoms with Crippen molar-refractivity contribution >= 4 is 22.6 Å². The van der Waals surface area contributed by atoms with E-state index in [1.54, 1.807) is 0 Å². The lowest BCUT2D eigenvalue weighted by Gasteiger charge is -2.28. The summed E-state index contributed by atoms with van der Waals surface area (Å²) in [5.74, 6) is 3.26. The fourth-order valence-electron chi connectivity index (χ4n) is 3.79. The Morgan fingerprint density at radius 2 is 1.90 bits per heavy atom. The number of fused-ring (bicyclic) bond motifs is 1. The van der Waals surface area contributed by atoms with Crippen LogP contribution in [0.4, 0.5) is 0 Å². The van der Waals surface area contributed by atoms with Crippen molar-refractivity contribution in [3.8, 4) is 0 Å². The maximum absolute atomic E-state index is 6.14. The summed E-state index contributed by atoms with van der Waals surface area (Å²) < 4.78 is 2.38. The topological polar surface area (TPSA) is 17.8 Å². The van der Waals surface area contributed by atoms with Gasteiger partial charge in [-0.3, -0.25) is 0 Å². The summed E-state index contributed by atoms with van der Waals surface area (Å²) in [6, 6.07) is 6.36. The molecule has 3 rings (SSSR count). The predicted molar refractivity (Wildman–Crippen MR) is 89.8 cm³/mol. The van der Waals surface area contributed by atoms with Gasteiger partial charge in [-0.2, -0.15) is 0 Å². The Hall–Kier alpha value is -1.02. The van der Waals surface area contributed by atoms with Crippen LogP contribution < -0.4 is 0 Å². The smallest absolute Gasteiger partial charge is 0.124 e. The largest absolute Gasteiger partial charge is 0.326 e. The summed E-state index contributed by atoms with van der Waals surface area (Å²) in [6.07, 6.45) is 6.83. The molecule has 1 aliphatic rings. The first-order chi connectivity index (χ1) is 10.2. The molecule has 0 unspecified atom stereocenters. The molecule has 1 aromatic heterocycles. The molecule has 2 aromatic rings. The lowest BCUT2D eigenvalue weighted by atomic mass is 9.81. The number of hydrogen-bond acceptors (Lipinski definition) is 1. The van der Waals surface area contributed by atoms with Crippen LogP contribution in [0.1, 0.15) is 50.4 Å². The van der Waals surface area contributed by atoms with Gasteiger partial charge in [-0.25, -0.2) is 4.98 Å². The number of rotatable bonds is 4. The van der Waals surface area contributed by atoms with E-state index in [0.29, 0.717) is 5.88 Å². The van der Waals surface area contributed by atoms with E-state index < -0.39 is 0 Å². The third-order valence-corrected chi connectivity index (χ3v) is 5.39. The zero-order valence-corrected chi connectivity index (χ0v) is 13.9. The van der Waals surface area contributed by atoms with Gasteiger partial charge in [0.2, 0.25) is 0 Å². The molecule has 0 amide bonds. The quantitative estimate of drug-likeness (QED) is 0.701. The lowest BCUT2D eigenvalue weighted by Crippen LogP contribution is -2.19. The molecule has 114 valence electrons. The van der Waals surface area contributed by atoms with Crippen LogP contribution in [0.5, 0.6) is 0 Å². The molecule has 1 heterocycles. The molecule has 0 bridgehead atoms. The molecular weight excluding hydrogens is 280 g/mol. The molecular formula is C18H25ClN2. The third kappa shape index (κ3) is 2.96. The standard InChI is InChI=1S/C18H25ClN2/c1-3-14-7-9-15(10-8-14)12-21-17(11-19)20-16-6-4-5-13(2)18(16)21/h4-6,14-15H,3,7-12H2,1-2H3. The molecule has 0 atom stereocenters. The fourth-order valence-corrected chi connectivity index (χ4v) is 4.00. The third-order valence-electron chi connectivity index (χ3n) is 5.15. The van der Waals surface area contributed by atoms with Gasteiger partial charge in [0.15, 0.2) is 0 Å². The second-order valence-electron chi connectivity index (χ2n) is 6.51. The number of alkyl halides is 1. The van der Waals surface area contributed by atoms with Crippen molar-refractivity contribution in [3.05, 3.63) is 29.6 Å². The number of nitrogens with zero attached hydrogens (tertiary/aromatic N) is 2.